The molecule has 0 spiro atoms. The van der Waals surface area contributed by atoms with E-state index in [1.54, 1.807) is 12.1 Å². The van der Waals surface area contributed by atoms with E-state index in [1.807, 2.05) is 16.4 Å². The zero-order chi connectivity index (χ0) is 13.9. The van der Waals surface area contributed by atoms with E-state index >= 15 is 0 Å². The fraction of sp³-hybridized carbons (Fsp3) is 0.385. The maximum Gasteiger partial charge on any atom is 0.269 e. The highest BCUT2D eigenvalue weighted by molar-refractivity contribution is 7.99. The molecule has 0 saturated carbocycles. The third kappa shape index (κ3) is 2.53. The topological polar surface area (TPSA) is 73.8 Å². The van der Waals surface area contributed by atoms with E-state index in [0.717, 1.165) is 47.8 Å². The van der Waals surface area contributed by atoms with Crippen LogP contribution in [0.2, 0.25) is 0 Å². The number of benzene rings is 1. The Morgan fingerprint density at radius 3 is 2.75 bits per heavy atom. The lowest BCUT2D eigenvalue weighted by molar-refractivity contribution is -0.384. The Morgan fingerprint density at radius 2 is 2.00 bits per heavy atom. The molecule has 1 aromatic heterocycles. The number of nitro groups is 1. The molecule has 0 radical (unpaired) electrons. The smallest absolute Gasteiger partial charge is 0.258 e. The molecule has 1 aromatic carbocycles. The molecular formula is C13H14N4O2S. The monoisotopic (exact) mass is 290 g/mol. The molecule has 0 saturated heterocycles. The molecule has 2 heterocycles. The van der Waals surface area contributed by atoms with Gasteiger partial charge in [0, 0.05) is 18.6 Å². The molecule has 1 aliphatic rings. The molecule has 20 heavy (non-hydrogen) atoms. The van der Waals surface area contributed by atoms with Crippen LogP contribution < -0.4 is 0 Å². The predicted molar refractivity (Wildman–Crippen MR) is 77.4 cm³/mol. The standard InChI is InChI=1S/C13H14N4O2S/c18-17(19)11-5-3-10(4-6-11)16-13-2-1-8-20-9-7-12(13)14-15-16/h3-6H,1-2,7-9H2. The van der Waals surface area contributed by atoms with Crippen LogP contribution in [0.1, 0.15) is 17.8 Å². The van der Waals surface area contributed by atoms with E-state index in [4.69, 9.17) is 0 Å². The van der Waals surface area contributed by atoms with E-state index < -0.39 is 4.92 Å². The number of nitrogens with zero attached hydrogens (tertiary/aromatic N) is 4. The lowest BCUT2D eigenvalue weighted by Gasteiger charge is -2.10. The highest BCUT2D eigenvalue weighted by atomic mass is 32.2. The van der Waals surface area contributed by atoms with Crippen molar-refractivity contribution in [3.63, 3.8) is 0 Å². The summed E-state index contributed by atoms with van der Waals surface area (Å²) in [6.45, 7) is 0. The molecule has 0 N–H and O–H groups in total. The van der Waals surface area contributed by atoms with Crippen LogP contribution in [-0.2, 0) is 12.8 Å². The van der Waals surface area contributed by atoms with Gasteiger partial charge < -0.3 is 0 Å². The quantitative estimate of drug-likeness (QED) is 0.627. The minimum Gasteiger partial charge on any atom is -0.258 e. The summed E-state index contributed by atoms with van der Waals surface area (Å²) in [6.07, 6.45) is 3.00. The average Bonchev–Trinajstić information content (AvgIpc) is 2.80. The molecule has 3 rings (SSSR count). The van der Waals surface area contributed by atoms with Crippen LogP contribution in [0.3, 0.4) is 0 Å². The summed E-state index contributed by atoms with van der Waals surface area (Å²) in [4.78, 5) is 10.3. The number of aromatic nitrogens is 3. The molecular weight excluding hydrogens is 276 g/mol. The first kappa shape index (κ1) is 13.1. The maximum atomic E-state index is 10.7. The SMILES string of the molecule is O=[N+]([O-])c1ccc(-n2nnc3c2CCCSCC3)cc1. The summed E-state index contributed by atoms with van der Waals surface area (Å²) in [5.74, 6) is 2.23. The van der Waals surface area contributed by atoms with Gasteiger partial charge in [-0.1, -0.05) is 5.21 Å². The van der Waals surface area contributed by atoms with Gasteiger partial charge in [0.05, 0.1) is 22.0 Å². The van der Waals surface area contributed by atoms with Crippen LogP contribution in [-0.4, -0.2) is 31.4 Å². The second-order valence-electron chi connectivity index (χ2n) is 4.63. The van der Waals surface area contributed by atoms with E-state index in [-0.39, 0.29) is 5.69 Å². The van der Waals surface area contributed by atoms with Crippen LogP contribution in [0.4, 0.5) is 5.69 Å². The summed E-state index contributed by atoms with van der Waals surface area (Å²) >= 11 is 1.95. The first-order valence-corrected chi connectivity index (χ1v) is 7.67. The zero-order valence-electron chi connectivity index (χ0n) is 10.9. The predicted octanol–water partition coefficient (Wildman–Crippen LogP) is 2.40. The van der Waals surface area contributed by atoms with Crippen molar-refractivity contribution in [3.8, 4) is 5.69 Å². The summed E-state index contributed by atoms with van der Waals surface area (Å²) in [7, 11) is 0. The van der Waals surface area contributed by atoms with Crippen molar-refractivity contribution < 1.29 is 4.92 Å². The van der Waals surface area contributed by atoms with Gasteiger partial charge >= 0.3 is 0 Å². The molecule has 6 nitrogen and oxygen atoms in total. The number of hydrogen-bond acceptors (Lipinski definition) is 5. The van der Waals surface area contributed by atoms with Gasteiger partial charge in [-0.25, -0.2) is 4.68 Å². The second kappa shape index (κ2) is 5.62. The normalized spacial score (nSPS) is 15.2. The lowest BCUT2D eigenvalue weighted by atomic mass is 10.1. The van der Waals surface area contributed by atoms with Crippen molar-refractivity contribution in [2.45, 2.75) is 19.3 Å². The molecule has 7 heteroatoms. The third-order valence-corrected chi connectivity index (χ3v) is 4.40. The van der Waals surface area contributed by atoms with Crippen LogP contribution in [0.25, 0.3) is 5.69 Å². The number of thioether (sulfide) groups is 1. The Balaban J connectivity index is 1.95. The Morgan fingerprint density at radius 1 is 1.20 bits per heavy atom. The Kier molecular flexibility index (Phi) is 3.68. The Bertz CT molecular complexity index is 624. The molecule has 0 fully saturated rings. The van der Waals surface area contributed by atoms with Crippen molar-refractivity contribution in [3.05, 3.63) is 45.8 Å². The molecule has 2 aromatic rings. The van der Waals surface area contributed by atoms with Crippen molar-refractivity contribution in [2.75, 3.05) is 11.5 Å². The van der Waals surface area contributed by atoms with Crippen LogP contribution >= 0.6 is 11.8 Å². The number of hydrogen-bond donors (Lipinski definition) is 0. The zero-order valence-corrected chi connectivity index (χ0v) is 11.7. The largest absolute Gasteiger partial charge is 0.269 e. The minimum absolute atomic E-state index is 0.0909. The molecule has 0 amide bonds. The van der Waals surface area contributed by atoms with Gasteiger partial charge in [0.1, 0.15) is 0 Å². The number of non-ortho nitro benzene ring substituents is 1. The molecule has 0 unspecified atom stereocenters. The fourth-order valence-corrected chi connectivity index (χ4v) is 3.20. The van der Waals surface area contributed by atoms with Gasteiger partial charge in [-0.2, -0.15) is 11.8 Å². The second-order valence-corrected chi connectivity index (χ2v) is 5.86. The van der Waals surface area contributed by atoms with Gasteiger partial charge in [0.25, 0.3) is 5.69 Å². The minimum atomic E-state index is -0.396. The summed E-state index contributed by atoms with van der Waals surface area (Å²) < 4.78 is 1.81. The van der Waals surface area contributed by atoms with Crippen LogP contribution in [0.5, 0.6) is 0 Å². The molecule has 0 aliphatic carbocycles. The van der Waals surface area contributed by atoms with Crippen LogP contribution in [0.15, 0.2) is 24.3 Å². The lowest BCUT2D eigenvalue weighted by Crippen LogP contribution is -2.07. The van der Waals surface area contributed by atoms with Crippen molar-refractivity contribution >= 4 is 17.4 Å². The number of fused-ring (bicyclic) bond motifs is 1. The fourth-order valence-electron chi connectivity index (χ4n) is 2.31. The average molecular weight is 290 g/mol. The first-order chi connectivity index (χ1) is 9.75. The molecule has 0 bridgehead atoms. The Hall–Kier alpha value is -1.89. The molecule has 0 atom stereocenters. The highest BCUT2D eigenvalue weighted by Crippen LogP contribution is 2.21. The maximum absolute atomic E-state index is 10.7. The third-order valence-electron chi connectivity index (χ3n) is 3.33. The van der Waals surface area contributed by atoms with Gasteiger partial charge in [-0.15, -0.1) is 5.10 Å². The van der Waals surface area contributed by atoms with Gasteiger partial charge in [-0.05, 0) is 36.5 Å². The molecule has 1 aliphatic heterocycles. The van der Waals surface area contributed by atoms with Crippen LogP contribution in [0, 0.1) is 10.1 Å². The summed E-state index contributed by atoms with van der Waals surface area (Å²) in [5, 5.41) is 19.2. The summed E-state index contributed by atoms with van der Waals surface area (Å²) in [5.41, 5.74) is 3.11. The van der Waals surface area contributed by atoms with Crippen molar-refractivity contribution in [1.82, 2.24) is 15.0 Å². The number of aryl methyl sites for hydroxylation is 1. The van der Waals surface area contributed by atoms with Crippen molar-refractivity contribution in [2.24, 2.45) is 0 Å². The Labute approximate surface area is 120 Å². The van der Waals surface area contributed by atoms with Gasteiger partial charge in [-0.3, -0.25) is 10.1 Å². The highest BCUT2D eigenvalue weighted by Gasteiger charge is 2.16. The summed E-state index contributed by atoms with van der Waals surface area (Å²) in [6, 6.07) is 6.45. The van der Waals surface area contributed by atoms with E-state index in [2.05, 4.69) is 10.3 Å². The van der Waals surface area contributed by atoms with E-state index in [1.165, 1.54) is 12.1 Å². The number of nitro benzene ring substituents is 1. The first-order valence-electron chi connectivity index (χ1n) is 6.52. The number of rotatable bonds is 2. The van der Waals surface area contributed by atoms with Gasteiger partial charge in [0.15, 0.2) is 0 Å². The van der Waals surface area contributed by atoms with E-state index in [9.17, 15) is 10.1 Å². The molecule has 104 valence electrons. The van der Waals surface area contributed by atoms with Crippen molar-refractivity contribution in [1.29, 1.82) is 0 Å². The van der Waals surface area contributed by atoms with Gasteiger partial charge in [0.2, 0.25) is 0 Å². The van der Waals surface area contributed by atoms with E-state index in [0.29, 0.717) is 0 Å².